The van der Waals surface area contributed by atoms with Crippen LogP contribution >= 0.6 is 11.6 Å². The van der Waals surface area contributed by atoms with E-state index in [-0.39, 0.29) is 16.3 Å². The van der Waals surface area contributed by atoms with Gasteiger partial charge in [-0.3, -0.25) is 4.98 Å². The molecule has 6 nitrogen and oxygen atoms in total. The third kappa shape index (κ3) is 1.79. The van der Waals surface area contributed by atoms with Crippen LogP contribution in [0.5, 0.6) is 0 Å². The minimum atomic E-state index is -1.07. The number of halogens is 1. The van der Waals surface area contributed by atoms with Crippen molar-refractivity contribution in [3.63, 3.8) is 0 Å². The van der Waals surface area contributed by atoms with E-state index < -0.39 is 5.97 Å². The van der Waals surface area contributed by atoms with Crippen LogP contribution < -0.4 is 4.90 Å². The average Bonchev–Trinajstić information content (AvgIpc) is 3.17. The summed E-state index contributed by atoms with van der Waals surface area (Å²) < 4.78 is 0. The number of carboxylic acid groups (broad SMARTS) is 1. The molecule has 1 aliphatic heterocycles. The van der Waals surface area contributed by atoms with Gasteiger partial charge in [0.1, 0.15) is 5.56 Å². The molecule has 1 saturated carbocycles. The number of carbonyl (C=O) groups is 1. The normalized spacial score (nSPS) is 17.9. The number of aromatic carboxylic acids is 1. The number of fused-ring (bicyclic) bond motifs is 2. The van der Waals surface area contributed by atoms with E-state index in [0.717, 1.165) is 24.2 Å². The number of rotatable bonds is 2. The Kier molecular flexibility index (Phi) is 2.47. The molecule has 2 aromatic rings. The van der Waals surface area contributed by atoms with Gasteiger partial charge in [0, 0.05) is 24.4 Å². The van der Waals surface area contributed by atoms with Crippen molar-refractivity contribution < 1.29 is 9.90 Å². The van der Waals surface area contributed by atoms with Crippen molar-refractivity contribution in [1.82, 2.24) is 15.0 Å². The maximum absolute atomic E-state index is 11.4. The van der Waals surface area contributed by atoms with Gasteiger partial charge in [0.15, 0.2) is 5.82 Å². The molecule has 106 valence electrons. The Bertz CT molecular complexity index is 760. The Morgan fingerprint density at radius 3 is 2.90 bits per heavy atom. The van der Waals surface area contributed by atoms with Crippen LogP contribution in [0.4, 0.5) is 11.5 Å². The fourth-order valence-electron chi connectivity index (χ4n) is 2.93. The zero-order chi connectivity index (χ0) is 14.6. The van der Waals surface area contributed by atoms with Gasteiger partial charge in [0.25, 0.3) is 0 Å². The lowest BCUT2D eigenvalue weighted by Crippen LogP contribution is -2.23. The Balaban J connectivity index is 1.89. The van der Waals surface area contributed by atoms with Gasteiger partial charge in [-0.1, -0.05) is 0 Å². The monoisotopic (exact) mass is 302 g/mol. The zero-order valence-electron chi connectivity index (χ0n) is 11.0. The fraction of sp³-hybridized carbons (Fsp3) is 0.286. The molecule has 3 heterocycles. The van der Waals surface area contributed by atoms with Gasteiger partial charge in [0.2, 0.25) is 5.28 Å². The minimum Gasteiger partial charge on any atom is -0.477 e. The van der Waals surface area contributed by atoms with Crippen LogP contribution in [0.25, 0.3) is 0 Å². The van der Waals surface area contributed by atoms with E-state index >= 15 is 0 Å². The molecule has 2 aliphatic rings. The summed E-state index contributed by atoms with van der Waals surface area (Å²) in [6.45, 7) is 0.687. The number of carboxylic acids is 1. The van der Waals surface area contributed by atoms with Gasteiger partial charge < -0.3 is 10.0 Å². The van der Waals surface area contributed by atoms with Gasteiger partial charge in [-0.15, -0.1) is 0 Å². The summed E-state index contributed by atoms with van der Waals surface area (Å²) in [5.74, 6) is -0.732. The summed E-state index contributed by atoms with van der Waals surface area (Å²) in [7, 11) is 0. The number of hydrogen-bond donors (Lipinski definition) is 1. The number of nitrogens with zero attached hydrogens (tertiary/aromatic N) is 4. The molecule has 0 atom stereocenters. The van der Waals surface area contributed by atoms with Crippen molar-refractivity contribution >= 4 is 29.1 Å². The molecule has 7 heteroatoms. The highest BCUT2D eigenvalue weighted by molar-refractivity contribution is 6.28. The molecule has 0 bridgehead atoms. The highest BCUT2D eigenvalue weighted by Gasteiger charge is 2.53. The summed E-state index contributed by atoms with van der Waals surface area (Å²) in [5, 5.41) is 9.38. The number of pyridine rings is 1. The van der Waals surface area contributed by atoms with Crippen LogP contribution in [-0.2, 0) is 5.41 Å². The second-order valence-corrected chi connectivity index (χ2v) is 5.76. The van der Waals surface area contributed by atoms with Crippen LogP contribution in [-0.4, -0.2) is 32.6 Å². The summed E-state index contributed by atoms with van der Waals surface area (Å²) in [4.78, 5) is 25.7. The molecule has 4 rings (SSSR count). The molecule has 21 heavy (non-hydrogen) atoms. The Labute approximate surface area is 125 Å². The highest BCUT2D eigenvalue weighted by Crippen LogP contribution is 2.57. The average molecular weight is 303 g/mol. The largest absolute Gasteiger partial charge is 0.477 e. The maximum Gasteiger partial charge on any atom is 0.341 e. The third-order valence-corrected chi connectivity index (χ3v) is 4.30. The molecule has 1 aliphatic carbocycles. The van der Waals surface area contributed by atoms with Crippen molar-refractivity contribution in [2.75, 3.05) is 11.4 Å². The van der Waals surface area contributed by atoms with Crippen LogP contribution in [0.15, 0.2) is 24.5 Å². The van der Waals surface area contributed by atoms with Gasteiger partial charge in [0.05, 0.1) is 11.4 Å². The first-order valence-electron chi connectivity index (χ1n) is 6.60. The summed E-state index contributed by atoms with van der Waals surface area (Å²) in [6.07, 6.45) is 5.15. The van der Waals surface area contributed by atoms with Gasteiger partial charge in [-0.2, -0.15) is 4.98 Å². The summed E-state index contributed by atoms with van der Waals surface area (Å²) in [5.41, 5.74) is 2.03. The van der Waals surface area contributed by atoms with E-state index in [9.17, 15) is 9.90 Å². The van der Waals surface area contributed by atoms with E-state index in [4.69, 9.17) is 11.6 Å². The standard InChI is InChI=1S/C14H11ClN4O2/c15-13-17-6-8(12(20)21)11(18-13)19-7-14(3-4-14)10-9(19)2-1-5-16-10/h1-2,5-6H,3-4,7H2,(H,20,21). The minimum absolute atomic E-state index is 0.0391. The quantitative estimate of drug-likeness (QED) is 0.858. The van der Waals surface area contributed by atoms with Crippen LogP contribution in [0.2, 0.25) is 5.28 Å². The fourth-order valence-corrected chi connectivity index (χ4v) is 3.06. The molecule has 2 aromatic heterocycles. The van der Waals surface area contributed by atoms with Gasteiger partial charge in [-0.05, 0) is 36.6 Å². The first kappa shape index (κ1) is 12.5. The zero-order valence-corrected chi connectivity index (χ0v) is 11.7. The Hall–Kier alpha value is -2.21. The lowest BCUT2D eigenvalue weighted by atomic mass is 10.1. The Morgan fingerprint density at radius 1 is 1.38 bits per heavy atom. The lowest BCUT2D eigenvalue weighted by Gasteiger charge is -2.20. The van der Waals surface area contributed by atoms with E-state index in [0.29, 0.717) is 12.4 Å². The number of hydrogen-bond acceptors (Lipinski definition) is 5. The molecule has 0 aromatic carbocycles. The number of anilines is 2. The van der Waals surface area contributed by atoms with E-state index in [1.54, 1.807) is 6.20 Å². The Morgan fingerprint density at radius 2 is 2.19 bits per heavy atom. The molecule has 1 fully saturated rings. The maximum atomic E-state index is 11.4. The topological polar surface area (TPSA) is 79.2 Å². The molecule has 0 unspecified atom stereocenters. The molecule has 0 saturated heterocycles. The van der Waals surface area contributed by atoms with Crippen molar-refractivity contribution in [3.8, 4) is 0 Å². The van der Waals surface area contributed by atoms with Crippen molar-refractivity contribution in [3.05, 3.63) is 41.1 Å². The molecule has 0 radical (unpaired) electrons. The highest BCUT2D eigenvalue weighted by atomic mass is 35.5. The smallest absolute Gasteiger partial charge is 0.341 e. The number of aromatic nitrogens is 3. The second kappa shape index (κ2) is 4.14. The molecule has 1 spiro atoms. The second-order valence-electron chi connectivity index (χ2n) is 5.42. The summed E-state index contributed by atoms with van der Waals surface area (Å²) >= 11 is 5.86. The van der Waals surface area contributed by atoms with Gasteiger partial charge in [-0.25, -0.2) is 9.78 Å². The van der Waals surface area contributed by atoms with E-state index in [2.05, 4.69) is 15.0 Å². The van der Waals surface area contributed by atoms with Crippen molar-refractivity contribution in [2.24, 2.45) is 0 Å². The van der Waals surface area contributed by atoms with E-state index in [1.165, 1.54) is 6.20 Å². The molecule has 0 amide bonds. The van der Waals surface area contributed by atoms with E-state index in [1.807, 2.05) is 17.0 Å². The van der Waals surface area contributed by atoms with Gasteiger partial charge >= 0.3 is 5.97 Å². The van der Waals surface area contributed by atoms with Crippen LogP contribution in [0.1, 0.15) is 28.9 Å². The van der Waals surface area contributed by atoms with Crippen molar-refractivity contribution in [2.45, 2.75) is 18.3 Å². The predicted octanol–water partition coefficient (Wildman–Crippen LogP) is 2.41. The first-order valence-corrected chi connectivity index (χ1v) is 6.97. The van der Waals surface area contributed by atoms with Crippen molar-refractivity contribution in [1.29, 1.82) is 0 Å². The molecule has 1 N–H and O–H groups in total. The predicted molar refractivity (Wildman–Crippen MR) is 76.2 cm³/mol. The lowest BCUT2D eigenvalue weighted by molar-refractivity contribution is 0.0697. The van der Waals surface area contributed by atoms with Crippen LogP contribution in [0, 0.1) is 0 Å². The molecular formula is C14H11ClN4O2. The third-order valence-electron chi connectivity index (χ3n) is 4.12. The summed E-state index contributed by atoms with van der Waals surface area (Å²) in [6, 6.07) is 3.79. The SMILES string of the molecule is O=C(O)c1cnc(Cl)nc1N1CC2(CC2)c2ncccc21. The first-order chi connectivity index (χ1) is 10.1. The van der Waals surface area contributed by atoms with Crippen LogP contribution in [0.3, 0.4) is 0 Å². The molecular weight excluding hydrogens is 292 g/mol.